The molecule has 1 rings (SSSR count). The monoisotopic (exact) mass is 329 g/mol. The van der Waals surface area contributed by atoms with E-state index >= 15 is 0 Å². The van der Waals surface area contributed by atoms with Gasteiger partial charge in [0.2, 0.25) is 5.91 Å². The van der Waals surface area contributed by atoms with Crippen molar-refractivity contribution in [3.05, 3.63) is 0 Å². The summed E-state index contributed by atoms with van der Waals surface area (Å²) in [5, 5.41) is 39.7. The van der Waals surface area contributed by atoms with Crippen LogP contribution in [0.5, 0.6) is 0 Å². The molecule has 0 aromatic heterocycles. The minimum atomic E-state index is -1.46. The van der Waals surface area contributed by atoms with Crippen LogP contribution in [0.25, 0.3) is 0 Å². The van der Waals surface area contributed by atoms with E-state index < -0.39 is 61.3 Å². The summed E-state index contributed by atoms with van der Waals surface area (Å²) in [6.45, 7) is -0.472. The van der Waals surface area contributed by atoms with Gasteiger partial charge < -0.3 is 40.4 Å². The Morgan fingerprint density at radius 1 is 1.32 bits per heavy atom. The number of rotatable bonds is 7. The molecule has 1 amide bonds. The molecule has 0 saturated carbocycles. The average Bonchev–Trinajstić information content (AvgIpc) is 2.42. The Morgan fingerprint density at radius 3 is 2.32 bits per heavy atom. The molecule has 122 valence electrons. The van der Waals surface area contributed by atoms with E-state index in [2.05, 4.69) is 0 Å². The van der Waals surface area contributed by atoms with E-state index in [0.717, 1.165) is 0 Å². The molecule has 1 heterocycles. The number of nitrogens with two attached hydrogens (primary N) is 1. The summed E-state index contributed by atoms with van der Waals surface area (Å²) >= 11 is 0. The predicted molar refractivity (Wildman–Crippen MR) is 65.5 cm³/mol. The number of hydrogen-bond donors (Lipinski definition) is 4. The van der Waals surface area contributed by atoms with E-state index in [1.54, 1.807) is 0 Å². The number of methoxy groups -OCH3 is 1. The van der Waals surface area contributed by atoms with Crippen molar-refractivity contribution in [2.24, 2.45) is 11.7 Å². The third-order valence-electron chi connectivity index (χ3n) is 3.57. The van der Waals surface area contributed by atoms with Crippen LogP contribution in [0.2, 0.25) is 0 Å². The molecular formula is C12H20NNaO8. The number of aliphatic carboxylic acids is 1. The fraction of sp³-hybridized carbons (Fsp3) is 0.833. The zero-order chi connectivity index (χ0) is 16.2. The molecule has 6 atom stereocenters. The second kappa shape index (κ2) is 9.78. The number of carboxylic acids is 1. The second-order valence-corrected chi connectivity index (χ2v) is 4.99. The van der Waals surface area contributed by atoms with Crippen LogP contribution in [0.1, 0.15) is 12.8 Å². The van der Waals surface area contributed by atoms with Gasteiger partial charge in [-0.05, 0) is 12.8 Å². The first-order valence-corrected chi connectivity index (χ1v) is 6.46. The first-order chi connectivity index (χ1) is 9.81. The summed E-state index contributed by atoms with van der Waals surface area (Å²) in [5.74, 6) is -3.45. The van der Waals surface area contributed by atoms with Gasteiger partial charge in [0.15, 0.2) is 0 Å². The van der Waals surface area contributed by atoms with Gasteiger partial charge in [-0.3, -0.25) is 4.79 Å². The number of carboxylic acid groups (broad SMARTS) is 1. The van der Waals surface area contributed by atoms with E-state index in [1.807, 2.05) is 0 Å². The molecule has 5 N–H and O–H groups in total. The summed E-state index contributed by atoms with van der Waals surface area (Å²) in [6.07, 6.45) is -6.47. The summed E-state index contributed by atoms with van der Waals surface area (Å²) in [5.41, 5.74) is 5.10. The van der Waals surface area contributed by atoms with Crippen LogP contribution in [0.3, 0.4) is 0 Å². The van der Waals surface area contributed by atoms with E-state index in [0.29, 0.717) is 0 Å². The van der Waals surface area contributed by atoms with Gasteiger partial charge in [-0.1, -0.05) is 0 Å². The van der Waals surface area contributed by atoms with Gasteiger partial charge in [-0.2, -0.15) is 0 Å². The molecular weight excluding hydrogens is 309 g/mol. The van der Waals surface area contributed by atoms with Crippen LogP contribution in [0.4, 0.5) is 0 Å². The smallest absolute Gasteiger partial charge is 0.550 e. The quantitative estimate of drug-likeness (QED) is 0.335. The van der Waals surface area contributed by atoms with Gasteiger partial charge in [-0.15, -0.1) is 0 Å². The van der Waals surface area contributed by atoms with Crippen molar-refractivity contribution >= 4 is 11.9 Å². The van der Waals surface area contributed by atoms with Gasteiger partial charge in [0.1, 0.15) is 24.4 Å². The van der Waals surface area contributed by atoms with E-state index in [1.165, 1.54) is 7.11 Å². The molecule has 1 fully saturated rings. The average molecular weight is 329 g/mol. The van der Waals surface area contributed by atoms with Gasteiger partial charge in [-0.25, -0.2) is 0 Å². The van der Waals surface area contributed by atoms with Crippen LogP contribution in [-0.2, 0) is 19.1 Å². The molecule has 0 aromatic carbocycles. The fourth-order valence-corrected chi connectivity index (χ4v) is 2.43. The molecule has 1 aliphatic heterocycles. The van der Waals surface area contributed by atoms with Crippen molar-refractivity contribution in [2.75, 3.05) is 13.7 Å². The molecule has 1 aliphatic rings. The standard InChI is InChI=1S/C12H21NO8.Na/c1-20-11-7(4-14)21-6(9(17)10(11)18)2-5(12(13)19)3-8(15)16;/h5-7,9-11,14,17-18H,2-4H2,1H3,(H2,13,19)(H,15,16);/q;+1/p-1. The number of ether oxygens (including phenoxy) is 2. The van der Waals surface area contributed by atoms with Gasteiger partial charge in [0.25, 0.3) is 0 Å². The molecule has 0 bridgehead atoms. The Balaban J connectivity index is 0.00000441. The first-order valence-electron chi connectivity index (χ1n) is 6.46. The Labute approximate surface area is 149 Å². The number of carbonyl (C=O) groups is 2. The summed E-state index contributed by atoms with van der Waals surface area (Å²) in [4.78, 5) is 21.8. The van der Waals surface area contributed by atoms with E-state index in [-0.39, 0.29) is 36.0 Å². The van der Waals surface area contributed by atoms with E-state index in [9.17, 15) is 30.0 Å². The molecule has 0 aromatic rings. The molecule has 9 nitrogen and oxygen atoms in total. The number of hydrogen-bond acceptors (Lipinski definition) is 8. The molecule has 6 unspecified atom stereocenters. The number of primary amides is 1. The zero-order valence-corrected chi connectivity index (χ0v) is 14.5. The largest absolute Gasteiger partial charge is 1.00 e. The SMILES string of the molecule is COC1C(CO)OC(CC(CC(=O)[O-])C(N)=O)C(O)C1O.[Na+]. The molecule has 1 saturated heterocycles. The zero-order valence-electron chi connectivity index (χ0n) is 12.5. The topological polar surface area (TPSA) is 162 Å². The van der Waals surface area contributed by atoms with Crippen LogP contribution in [-0.4, -0.2) is 71.4 Å². The fourth-order valence-electron chi connectivity index (χ4n) is 2.43. The first kappa shape index (κ1) is 21.7. The number of carbonyl (C=O) groups excluding carboxylic acids is 2. The van der Waals surface area contributed by atoms with E-state index in [4.69, 9.17) is 15.2 Å². The Hall–Kier alpha value is -0.260. The molecule has 22 heavy (non-hydrogen) atoms. The van der Waals surface area contributed by atoms with Crippen LogP contribution in [0.15, 0.2) is 0 Å². The Kier molecular flexibility index (Phi) is 9.67. The Bertz CT molecular complexity index is 380. The Morgan fingerprint density at radius 2 is 1.91 bits per heavy atom. The van der Waals surface area contributed by atoms with Crippen molar-refractivity contribution in [3.8, 4) is 0 Å². The number of aliphatic hydroxyl groups excluding tert-OH is 3. The second-order valence-electron chi connectivity index (χ2n) is 4.99. The van der Waals surface area contributed by atoms with Crippen molar-refractivity contribution in [3.63, 3.8) is 0 Å². The van der Waals surface area contributed by atoms with Crippen LogP contribution in [0, 0.1) is 5.92 Å². The molecule has 0 radical (unpaired) electrons. The summed E-state index contributed by atoms with van der Waals surface area (Å²) in [7, 11) is 1.29. The van der Waals surface area contributed by atoms with Crippen molar-refractivity contribution in [1.29, 1.82) is 0 Å². The molecule has 0 spiro atoms. The van der Waals surface area contributed by atoms with Gasteiger partial charge >= 0.3 is 29.6 Å². The minimum Gasteiger partial charge on any atom is -0.550 e. The maximum atomic E-state index is 11.2. The van der Waals surface area contributed by atoms with Crippen molar-refractivity contribution in [1.82, 2.24) is 0 Å². The molecule has 0 aliphatic carbocycles. The third-order valence-corrected chi connectivity index (χ3v) is 3.57. The van der Waals surface area contributed by atoms with Gasteiger partial charge in [0.05, 0.1) is 12.7 Å². The summed E-state index contributed by atoms with van der Waals surface area (Å²) < 4.78 is 10.3. The van der Waals surface area contributed by atoms with Crippen molar-refractivity contribution in [2.45, 2.75) is 43.4 Å². The maximum Gasteiger partial charge on any atom is 1.00 e. The van der Waals surface area contributed by atoms with Crippen molar-refractivity contribution < 1.29 is 69.0 Å². The number of aliphatic hydroxyl groups is 3. The van der Waals surface area contributed by atoms with Gasteiger partial charge in [0, 0.05) is 19.0 Å². The third kappa shape index (κ3) is 5.43. The van der Waals surface area contributed by atoms with Crippen LogP contribution >= 0.6 is 0 Å². The molecule has 10 heteroatoms. The minimum absolute atomic E-state index is 0. The maximum absolute atomic E-state index is 11.2. The van der Waals surface area contributed by atoms with Crippen LogP contribution < -0.4 is 40.4 Å². The number of amides is 1. The normalized spacial score (nSPS) is 32.8. The predicted octanol–water partition coefficient (Wildman–Crippen LogP) is -6.88. The summed E-state index contributed by atoms with van der Waals surface area (Å²) in [6, 6.07) is 0.